The standard InChI is InChI=1S/C12H14N2O4/c13-11(16)9-4-2-1-3-8(9)10-7-18-14(5-6-15)12(10)17/h1-4,10,15H,5-7H2,(H2,13,16)/t10-/m0/s1. The molecule has 0 spiro atoms. The number of nitrogens with zero attached hydrogens (tertiary/aromatic N) is 1. The zero-order chi connectivity index (χ0) is 13.1. The molecule has 1 aromatic rings. The Morgan fingerprint density at radius 1 is 1.50 bits per heavy atom. The van der Waals surface area contributed by atoms with E-state index in [9.17, 15) is 9.59 Å². The average molecular weight is 250 g/mol. The number of hydroxylamine groups is 2. The molecule has 96 valence electrons. The van der Waals surface area contributed by atoms with Gasteiger partial charge in [-0.25, -0.2) is 5.06 Å². The third-order valence-corrected chi connectivity index (χ3v) is 2.85. The first kappa shape index (κ1) is 12.5. The van der Waals surface area contributed by atoms with Gasteiger partial charge in [0.15, 0.2) is 0 Å². The van der Waals surface area contributed by atoms with Crippen molar-refractivity contribution in [1.82, 2.24) is 5.06 Å². The number of amides is 2. The highest BCUT2D eigenvalue weighted by molar-refractivity contribution is 5.97. The van der Waals surface area contributed by atoms with Crippen LogP contribution in [-0.4, -0.2) is 41.7 Å². The van der Waals surface area contributed by atoms with Crippen molar-refractivity contribution in [3.05, 3.63) is 35.4 Å². The van der Waals surface area contributed by atoms with Crippen LogP contribution in [0.4, 0.5) is 0 Å². The minimum absolute atomic E-state index is 0.119. The molecular formula is C12H14N2O4. The fourth-order valence-electron chi connectivity index (χ4n) is 1.99. The topological polar surface area (TPSA) is 92.9 Å². The van der Waals surface area contributed by atoms with Gasteiger partial charge in [0, 0.05) is 5.56 Å². The molecule has 1 aliphatic rings. The van der Waals surface area contributed by atoms with Crippen molar-refractivity contribution in [2.24, 2.45) is 5.73 Å². The van der Waals surface area contributed by atoms with Gasteiger partial charge < -0.3 is 10.8 Å². The first-order valence-corrected chi connectivity index (χ1v) is 5.59. The van der Waals surface area contributed by atoms with E-state index >= 15 is 0 Å². The molecule has 2 amide bonds. The van der Waals surface area contributed by atoms with E-state index in [1.165, 1.54) is 0 Å². The van der Waals surface area contributed by atoms with Crippen LogP contribution in [0.5, 0.6) is 0 Å². The Labute approximate surface area is 104 Å². The summed E-state index contributed by atoms with van der Waals surface area (Å²) in [6.45, 7) is 0.104. The van der Waals surface area contributed by atoms with Gasteiger partial charge in [0.2, 0.25) is 5.91 Å². The molecule has 0 aliphatic carbocycles. The van der Waals surface area contributed by atoms with Crippen LogP contribution >= 0.6 is 0 Å². The molecule has 1 atom stereocenters. The molecule has 0 aromatic heterocycles. The number of nitrogens with two attached hydrogens (primary N) is 1. The lowest BCUT2D eigenvalue weighted by Crippen LogP contribution is -2.29. The smallest absolute Gasteiger partial charge is 0.256 e. The number of β-amino-alcohol motifs (C(OH)–C–C–N with tert-alkyl or cyclic N) is 1. The second-order valence-electron chi connectivity index (χ2n) is 3.96. The average Bonchev–Trinajstić information content (AvgIpc) is 2.72. The molecule has 6 heteroatoms. The van der Waals surface area contributed by atoms with Gasteiger partial charge in [0.25, 0.3) is 5.91 Å². The monoisotopic (exact) mass is 250 g/mol. The minimum Gasteiger partial charge on any atom is -0.394 e. The van der Waals surface area contributed by atoms with Crippen molar-refractivity contribution in [3.63, 3.8) is 0 Å². The number of aliphatic hydroxyl groups excluding tert-OH is 1. The SMILES string of the molecule is NC(=O)c1ccccc1[C@@H]1CON(CCO)C1=O. The van der Waals surface area contributed by atoms with Crippen molar-refractivity contribution in [2.75, 3.05) is 19.8 Å². The summed E-state index contributed by atoms with van der Waals surface area (Å²) in [7, 11) is 0. The molecule has 0 saturated carbocycles. The molecule has 18 heavy (non-hydrogen) atoms. The normalized spacial score (nSPS) is 19.3. The summed E-state index contributed by atoms with van der Waals surface area (Å²) >= 11 is 0. The Balaban J connectivity index is 2.28. The highest BCUT2D eigenvalue weighted by atomic mass is 16.7. The molecule has 1 saturated heterocycles. The summed E-state index contributed by atoms with van der Waals surface area (Å²) in [6.07, 6.45) is 0. The molecule has 0 bridgehead atoms. The first-order chi connectivity index (χ1) is 8.65. The van der Waals surface area contributed by atoms with Crippen molar-refractivity contribution >= 4 is 11.8 Å². The molecule has 0 radical (unpaired) electrons. The van der Waals surface area contributed by atoms with Crippen molar-refractivity contribution < 1.29 is 19.5 Å². The van der Waals surface area contributed by atoms with Gasteiger partial charge in [0.05, 0.1) is 25.7 Å². The molecular weight excluding hydrogens is 236 g/mol. The van der Waals surface area contributed by atoms with Gasteiger partial charge in [-0.2, -0.15) is 0 Å². The molecule has 1 fully saturated rings. The molecule has 6 nitrogen and oxygen atoms in total. The predicted octanol–water partition coefficient (Wildman–Crippen LogP) is -0.365. The van der Waals surface area contributed by atoms with Crippen LogP contribution in [-0.2, 0) is 9.63 Å². The summed E-state index contributed by atoms with van der Waals surface area (Å²) < 4.78 is 0. The molecule has 1 heterocycles. The Hall–Kier alpha value is -1.92. The van der Waals surface area contributed by atoms with Gasteiger partial charge in [-0.05, 0) is 11.6 Å². The number of rotatable bonds is 4. The van der Waals surface area contributed by atoms with Crippen LogP contribution in [0.1, 0.15) is 21.8 Å². The van der Waals surface area contributed by atoms with E-state index in [1.54, 1.807) is 24.3 Å². The number of carbonyl (C=O) groups is 2. The molecule has 3 N–H and O–H groups in total. The zero-order valence-corrected chi connectivity index (χ0v) is 9.70. The molecule has 0 unspecified atom stereocenters. The van der Waals surface area contributed by atoms with Gasteiger partial charge in [0.1, 0.15) is 0 Å². The number of hydrogen-bond donors (Lipinski definition) is 2. The highest BCUT2D eigenvalue weighted by Crippen LogP contribution is 2.27. The number of carbonyl (C=O) groups excluding carboxylic acids is 2. The van der Waals surface area contributed by atoms with E-state index < -0.39 is 11.8 Å². The fraction of sp³-hybridized carbons (Fsp3) is 0.333. The van der Waals surface area contributed by atoms with Crippen LogP contribution in [0.2, 0.25) is 0 Å². The zero-order valence-electron chi connectivity index (χ0n) is 9.70. The third kappa shape index (κ3) is 2.20. The van der Waals surface area contributed by atoms with E-state index in [1.807, 2.05) is 0 Å². The summed E-state index contributed by atoms with van der Waals surface area (Å²) in [4.78, 5) is 28.5. The minimum atomic E-state index is -0.570. The quantitative estimate of drug-likeness (QED) is 0.762. The van der Waals surface area contributed by atoms with E-state index in [0.29, 0.717) is 11.1 Å². The fourth-order valence-corrected chi connectivity index (χ4v) is 1.99. The molecule has 1 aliphatic heterocycles. The number of benzene rings is 1. The maximum atomic E-state index is 12.0. The van der Waals surface area contributed by atoms with E-state index in [0.717, 1.165) is 5.06 Å². The predicted molar refractivity (Wildman–Crippen MR) is 62.5 cm³/mol. The Bertz CT molecular complexity index is 475. The van der Waals surface area contributed by atoms with Crippen molar-refractivity contribution in [3.8, 4) is 0 Å². The largest absolute Gasteiger partial charge is 0.394 e. The summed E-state index contributed by atoms with van der Waals surface area (Å²) in [5.74, 6) is -1.38. The van der Waals surface area contributed by atoms with Gasteiger partial charge in [-0.15, -0.1) is 0 Å². The summed E-state index contributed by atoms with van der Waals surface area (Å²) in [5.41, 5.74) is 6.17. The maximum Gasteiger partial charge on any atom is 0.256 e. The van der Waals surface area contributed by atoms with Gasteiger partial charge in [-0.1, -0.05) is 18.2 Å². The second-order valence-corrected chi connectivity index (χ2v) is 3.96. The van der Waals surface area contributed by atoms with Crippen LogP contribution in [0.3, 0.4) is 0 Å². The van der Waals surface area contributed by atoms with E-state index in [-0.39, 0.29) is 25.7 Å². The molecule has 1 aromatic carbocycles. The van der Waals surface area contributed by atoms with Crippen LogP contribution in [0.15, 0.2) is 24.3 Å². The first-order valence-electron chi connectivity index (χ1n) is 5.59. The Morgan fingerprint density at radius 3 is 2.89 bits per heavy atom. The van der Waals surface area contributed by atoms with Gasteiger partial charge in [-0.3, -0.25) is 14.4 Å². The molecule has 2 rings (SSSR count). The summed E-state index contributed by atoms with van der Waals surface area (Å²) in [5, 5.41) is 9.91. The highest BCUT2D eigenvalue weighted by Gasteiger charge is 2.35. The number of primary amides is 1. The Kier molecular flexibility index (Phi) is 3.59. The van der Waals surface area contributed by atoms with Crippen molar-refractivity contribution in [1.29, 1.82) is 0 Å². The van der Waals surface area contributed by atoms with Crippen LogP contribution in [0, 0.1) is 0 Å². The van der Waals surface area contributed by atoms with E-state index in [2.05, 4.69) is 0 Å². The van der Waals surface area contributed by atoms with Crippen molar-refractivity contribution in [2.45, 2.75) is 5.92 Å². The van der Waals surface area contributed by atoms with Gasteiger partial charge >= 0.3 is 0 Å². The lowest BCUT2D eigenvalue weighted by molar-refractivity contribution is -0.163. The lowest BCUT2D eigenvalue weighted by Gasteiger charge is -2.13. The lowest BCUT2D eigenvalue weighted by atomic mass is 9.94. The Morgan fingerprint density at radius 2 is 2.22 bits per heavy atom. The van der Waals surface area contributed by atoms with Crippen LogP contribution < -0.4 is 5.73 Å². The van der Waals surface area contributed by atoms with E-state index in [4.69, 9.17) is 15.7 Å². The maximum absolute atomic E-state index is 12.0. The number of hydrogen-bond acceptors (Lipinski definition) is 4. The summed E-state index contributed by atoms with van der Waals surface area (Å²) in [6, 6.07) is 6.70. The second kappa shape index (κ2) is 5.16. The third-order valence-electron chi connectivity index (χ3n) is 2.85. The number of aliphatic hydroxyl groups is 1. The van der Waals surface area contributed by atoms with Crippen LogP contribution in [0.25, 0.3) is 0 Å².